The highest BCUT2D eigenvalue weighted by Crippen LogP contribution is 2.13. The van der Waals surface area contributed by atoms with Crippen molar-refractivity contribution in [2.75, 3.05) is 24.5 Å². The van der Waals surface area contributed by atoms with Crippen molar-refractivity contribution in [3.05, 3.63) is 5.82 Å². The average Bonchev–Trinajstić information content (AvgIpc) is 2.74. The summed E-state index contributed by atoms with van der Waals surface area (Å²) in [6, 6.07) is 0.478. The highest BCUT2D eigenvalue weighted by atomic mass is 16.5. The molecule has 2 N–H and O–H groups in total. The lowest BCUT2D eigenvalue weighted by molar-refractivity contribution is -0.0179. The Kier molecular flexibility index (Phi) is 3.87. The third-order valence-electron chi connectivity index (χ3n) is 2.81. The molecule has 102 valence electrons. The van der Waals surface area contributed by atoms with Crippen LogP contribution in [0.15, 0.2) is 0 Å². The van der Waals surface area contributed by atoms with Crippen molar-refractivity contribution in [3.63, 3.8) is 0 Å². The molecule has 1 saturated heterocycles. The fourth-order valence-corrected chi connectivity index (χ4v) is 1.89. The summed E-state index contributed by atoms with van der Waals surface area (Å²) in [5.41, 5.74) is -0.156. The van der Waals surface area contributed by atoms with Gasteiger partial charge in [-0.1, -0.05) is 0 Å². The zero-order valence-corrected chi connectivity index (χ0v) is 11.7. The fraction of sp³-hybridized carbons (Fsp3) is 0.833. The lowest BCUT2D eigenvalue weighted by atomic mass is 10.2. The van der Waals surface area contributed by atoms with Crippen LogP contribution in [0.4, 0.5) is 5.95 Å². The van der Waals surface area contributed by atoms with Gasteiger partial charge in [-0.05, 0) is 27.7 Å². The lowest BCUT2D eigenvalue weighted by Gasteiger charge is -2.30. The monoisotopic (exact) mass is 253 g/mol. The van der Waals surface area contributed by atoms with E-state index in [9.17, 15) is 0 Å². The minimum atomic E-state index is -0.156. The maximum Gasteiger partial charge on any atom is 0.244 e. The number of nitrogens with zero attached hydrogens (tertiary/aromatic N) is 3. The van der Waals surface area contributed by atoms with Crippen LogP contribution in [0.1, 0.15) is 33.5 Å². The molecule has 0 amide bonds. The smallest absolute Gasteiger partial charge is 0.244 e. The molecule has 0 aliphatic carbocycles. The first-order valence-electron chi connectivity index (χ1n) is 6.47. The Morgan fingerprint density at radius 2 is 2.22 bits per heavy atom. The molecule has 1 aromatic rings. The Morgan fingerprint density at radius 1 is 1.44 bits per heavy atom. The first kappa shape index (κ1) is 13.3. The van der Waals surface area contributed by atoms with Gasteiger partial charge >= 0.3 is 0 Å². The number of rotatable bonds is 3. The van der Waals surface area contributed by atoms with Crippen LogP contribution in [0.25, 0.3) is 0 Å². The molecule has 6 heteroatoms. The van der Waals surface area contributed by atoms with Crippen LogP contribution in [0, 0.1) is 0 Å². The van der Waals surface area contributed by atoms with Gasteiger partial charge < -0.3 is 15.0 Å². The van der Waals surface area contributed by atoms with E-state index in [1.807, 2.05) is 20.8 Å². The SMILES string of the molecule is C[C@@H]1CN(c2n[nH]c(COC(C)(C)C)n2)CCN1. The van der Waals surface area contributed by atoms with E-state index in [0.717, 1.165) is 31.4 Å². The van der Waals surface area contributed by atoms with Gasteiger partial charge in [0.15, 0.2) is 5.82 Å². The number of H-pyrrole nitrogens is 1. The Hall–Kier alpha value is -1.14. The number of aromatic amines is 1. The van der Waals surface area contributed by atoms with E-state index in [1.54, 1.807) is 0 Å². The zero-order chi connectivity index (χ0) is 13.2. The van der Waals surface area contributed by atoms with Crippen molar-refractivity contribution in [1.29, 1.82) is 0 Å². The molecule has 1 aliphatic rings. The lowest BCUT2D eigenvalue weighted by Crippen LogP contribution is -2.49. The van der Waals surface area contributed by atoms with Gasteiger partial charge in [0, 0.05) is 25.7 Å². The number of aromatic nitrogens is 3. The maximum absolute atomic E-state index is 5.67. The number of anilines is 1. The van der Waals surface area contributed by atoms with Gasteiger partial charge in [0.05, 0.1) is 5.60 Å². The van der Waals surface area contributed by atoms with E-state index in [-0.39, 0.29) is 5.60 Å². The summed E-state index contributed by atoms with van der Waals surface area (Å²) in [6.45, 7) is 11.6. The number of ether oxygens (including phenoxy) is 1. The molecule has 0 spiro atoms. The summed E-state index contributed by atoms with van der Waals surface area (Å²) < 4.78 is 5.67. The Bertz CT molecular complexity index is 384. The molecule has 2 rings (SSSR count). The van der Waals surface area contributed by atoms with Gasteiger partial charge in [0.1, 0.15) is 6.61 Å². The fourth-order valence-electron chi connectivity index (χ4n) is 1.89. The first-order valence-corrected chi connectivity index (χ1v) is 6.47. The summed E-state index contributed by atoms with van der Waals surface area (Å²) in [7, 11) is 0. The van der Waals surface area contributed by atoms with Crippen LogP contribution < -0.4 is 10.2 Å². The standard InChI is InChI=1S/C12H23N5O/c1-9-7-17(6-5-13-9)11-14-10(15-16-11)8-18-12(2,3)4/h9,13H,5-8H2,1-4H3,(H,14,15,16)/t9-/m1/s1. The van der Waals surface area contributed by atoms with E-state index in [2.05, 4.69) is 32.3 Å². The molecule has 6 nitrogen and oxygen atoms in total. The second-order valence-electron chi connectivity index (χ2n) is 5.78. The van der Waals surface area contributed by atoms with Crippen LogP contribution in [0.5, 0.6) is 0 Å². The second-order valence-corrected chi connectivity index (χ2v) is 5.78. The van der Waals surface area contributed by atoms with Crippen LogP contribution in [-0.4, -0.2) is 46.5 Å². The predicted octanol–water partition coefficient (Wildman–Crippen LogP) is 0.918. The van der Waals surface area contributed by atoms with Gasteiger partial charge in [-0.15, -0.1) is 5.10 Å². The van der Waals surface area contributed by atoms with E-state index in [1.165, 1.54) is 0 Å². The molecule has 0 saturated carbocycles. The molecule has 0 unspecified atom stereocenters. The normalized spacial score (nSPS) is 21.3. The number of hydrogen-bond acceptors (Lipinski definition) is 5. The number of piperazine rings is 1. The summed E-state index contributed by atoms with van der Waals surface area (Å²) in [5.74, 6) is 1.56. The van der Waals surface area contributed by atoms with Crippen LogP contribution in [0.2, 0.25) is 0 Å². The Balaban J connectivity index is 1.93. The zero-order valence-electron chi connectivity index (χ0n) is 11.7. The molecular formula is C12H23N5O. The molecule has 0 bridgehead atoms. The Labute approximate surface area is 108 Å². The predicted molar refractivity (Wildman–Crippen MR) is 70.6 cm³/mol. The molecule has 1 aromatic heterocycles. The molecule has 2 heterocycles. The molecule has 1 atom stereocenters. The molecule has 18 heavy (non-hydrogen) atoms. The third-order valence-corrected chi connectivity index (χ3v) is 2.81. The summed E-state index contributed by atoms with van der Waals surface area (Å²) >= 11 is 0. The maximum atomic E-state index is 5.67. The highest BCUT2D eigenvalue weighted by Gasteiger charge is 2.19. The van der Waals surface area contributed by atoms with Gasteiger partial charge in [0.25, 0.3) is 0 Å². The minimum Gasteiger partial charge on any atom is -0.368 e. The van der Waals surface area contributed by atoms with Gasteiger partial charge in [-0.2, -0.15) is 4.98 Å². The van der Waals surface area contributed by atoms with Crippen molar-refractivity contribution in [1.82, 2.24) is 20.5 Å². The number of hydrogen-bond donors (Lipinski definition) is 2. The van der Waals surface area contributed by atoms with Crippen molar-refractivity contribution in [2.24, 2.45) is 0 Å². The largest absolute Gasteiger partial charge is 0.368 e. The molecule has 0 aromatic carbocycles. The first-order chi connectivity index (χ1) is 8.44. The van der Waals surface area contributed by atoms with E-state index in [4.69, 9.17) is 4.74 Å². The van der Waals surface area contributed by atoms with Gasteiger partial charge in [-0.25, -0.2) is 0 Å². The molecule has 1 fully saturated rings. The molecular weight excluding hydrogens is 230 g/mol. The molecule has 1 aliphatic heterocycles. The summed E-state index contributed by atoms with van der Waals surface area (Å²) in [5, 5.41) is 10.6. The van der Waals surface area contributed by atoms with Crippen molar-refractivity contribution < 1.29 is 4.74 Å². The van der Waals surface area contributed by atoms with Gasteiger partial charge in [0.2, 0.25) is 5.95 Å². The molecule has 0 radical (unpaired) electrons. The topological polar surface area (TPSA) is 66.1 Å². The van der Waals surface area contributed by atoms with Crippen molar-refractivity contribution >= 4 is 5.95 Å². The highest BCUT2D eigenvalue weighted by molar-refractivity contribution is 5.29. The van der Waals surface area contributed by atoms with Crippen molar-refractivity contribution in [2.45, 2.75) is 45.9 Å². The quantitative estimate of drug-likeness (QED) is 0.838. The average molecular weight is 253 g/mol. The van der Waals surface area contributed by atoms with Crippen LogP contribution >= 0.6 is 0 Å². The summed E-state index contributed by atoms with van der Waals surface area (Å²) in [4.78, 5) is 6.67. The second kappa shape index (κ2) is 5.24. The van der Waals surface area contributed by atoms with E-state index >= 15 is 0 Å². The van der Waals surface area contributed by atoms with Crippen molar-refractivity contribution in [3.8, 4) is 0 Å². The van der Waals surface area contributed by atoms with Crippen LogP contribution in [-0.2, 0) is 11.3 Å². The third kappa shape index (κ3) is 3.68. The van der Waals surface area contributed by atoms with Crippen LogP contribution in [0.3, 0.4) is 0 Å². The van der Waals surface area contributed by atoms with Gasteiger partial charge in [-0.3, -0.25) is 5.10 Å². The Morgan fingerprint density at radius 3 is 2.89 bits per heavy atom. The van der Waals surface area contributed by atoms with E-state index in [0.29, 0.717) is 12.6 Å². The summed E-state index contributed by atoms with van der Waals surface area (Å²) in [6.07, 6.45) is 0. The number of nitrogens with one attached hydrogen (secondary N) is 2. The van der Waals surface area contributed by atoms with E-state index < -0.39 is 0 Å². The minimum absolute atomic E-state index is 0.156.